The van der Waals surface area contributed by atoms with Gasteiger partial charge in [0.2, 0.25) is 0 Å². The Balaban J connectivity index is 2.29. The molecule has 0 aromatic carbocycles. The Morgan fingerprint density at radius 2 is 2.24 bits per heavy atom. The molecule has 0 N–H and O–H groups in total. The van der Waals surface area contributed by atoms with Gasteiger partial charge in [-0.15, -0.1) is 0 Å². The van der Waals surface area contributed by atoms with Crippen molar-refractivity contribution >= 4 is 17.4 Å². The summed E-state index contributed by atoms with van der Waals surface area (Å²) in [6, 6.07) is 0. The molecule has 1 atom stereocenters. The first-order chi connectivity index (χ1) is 8.13. The molecule has 3 nitrogen and oxygen atoms in total. The Kier molecular flexibility index (Phi) is 3.87. The predicted molar refractivity (Wildman–Crippen MR) is 71.7 cm³/mol. The fourth-order valence-corrected chi connectivity index (χ4v) is 2.82. The third kappa shape index (κ3) is 2.54. The summed E-state index contributed by atoms with van der Waals surface area (Å²) >= 11 is 6.20. The van der Waals surface area contributed by atoms with Gasteiger partial charge in [-0.3, -0.25) is 0 Å². The Morgan fingerprint density at radius 3 is 2.82 bits per heavy atom. The van der Waals surface area contributed by atoms with E-state index >= 15 is 0 Å². The Bertz CT molecular complexity index is 392. The molecule has 1 saturated heterocycles. The fraction of sp³-hybridized carbons (Fsp3) is 0.692. The molecule has 0 amide bonds. The lowest BCUT2D eigenvalue weighted by Crippen LogP contribution is -2.23. The van der Waals surface area contributed by atoms with Gasteiger partial charge in [-0.25, -0.2) is 9.97 Å². The zero-order valence-corrected chi connectivity index (χ0v) is 11.5. The minimum absolute atomic E-state index is 0.361. The second kappa shape index (κ2) is 5.21. The summed E-state index contributed by atoms with van der Waals surface area (Å²) < 4.78 is 0. The van der Waals surface area contributed by atoms with Crippen molar-refractivity contribution < 1.29 is 0 Å². The van der Waals surface area contributed by atoms with Gasteiger partial charge in [-0.1, -0.05) is 38.8 Å². The lowest BCUT2D eigenvalue weighted by atomic mass is 10.1. The van der Waals surface area contributed by atoms with Gasteiger partial charge < -0.3 is 4.90 Å². The summed E-state index contributed by atoms with van der Waals surface area (Å²) in [7, 11) is 0. The third-order valence-corrected chi connectivity index (χ3v) is 3.86. The molecule has 1 unspecified atom stereocenters. The van der Waals surface area contributed by atoms with Crippen molar-refractivity contribution in [2.24, 2.45) is 5.92 Å². The van der Waals surface area contributed by atoms with Crippen molar-refractivity contribution in [3.8, 4) is 0 Å². The van der Waals surface area contributed by atoms with Gasteiger partial charge in [0.05, 0.1) is 0 Å². The average Bonchev–Trinajstić information content (AvgIpc) is 2.76. The van der Waals surface area contributed by atoms with Crippen LogP contribution in [0.2, 0.25) is 5.15 Å². The number of rotatable bonds is 3. The number of anilines is 1. The summed E-state index contributed by atoms with van der Waals surface area (Å²) in [5.41, 5.74) is 1.09. The largest absolute Gasteiger partial charge is 0.356 e. The van der Waals surface area contributed by atoms with E-state index in [4.69, 9.17) is 11.6 Å². The van der Waals surface area contributed by atoms with Crippen LogP contribution in [0.15, 0.2) is 6.33 Å². The number of hydrogen-bond donors (Lipinski definition) is 0. The maximum absolute atomic E-state index is 6.20. The van der Waals surface area contributed by atoms with Gasteiger partial charge in [0.1, 0.15) is 17.3 Å². The van der Waals surface area contributed by atoms with Gasteiger partial charge in [0.15, 0.2) is 0 Å². The summed E-state index contributed by atoms with van der Waals surface area (Å²) in [4.78, 5) is 10.9. The zero-order valence-electron chi connectivity index (χ0n) is 10.8. The van der Waals surface area contributed by atoms with E-state index in [1.807, 2.05) is 0 Å². The molecule has 1 aromatic heterocycles. The van der Waals surface area contributed by atoms with Crippen LogP contribution in [-0.2, 0) is 0 Å². The fourth-order valence-electron chi connectivity index (χ4n) is 2.47. The monoisotopic (exact) mass is 253 g/mol. The van der Waals surface area contributed by atoms with Crippen LogP contribution in [0.4, 0.5) is 5.82 Å². The van der Waals surface area contributed by atoms with Gasteiger partial charge in [-0.2, -0.15) is 0 Å². The standard InChI is InChI=1S/C13H20ClN3/c1-4-10-5-6-17(7-10)13-11(9(2)3)12(14)15-8-16-13/h8-10H,4-7H2,1-3H3. The van der Waals surface area contributed by atoms with Crippen molar-refractivity contribution in [2.45, 2.75) is 39.5 Å². The van der Waals surface area contributed by atoms with Crippen LogP contribution in [0.1, 0.15) is 45.1 Å². The second-order valence-corrected chi connectivity index (χ2v) is 5.42. The number of halogens is 1. The van der Waals surface area contributed by atoms with Crippen molar-refractivity contribution in [3.63, 3.8) is 0 Å². The lowest BCUT2D eigenvalue weighted by molar-refractivity contribution is 0.568. The van der Waals surface area contributed by atoms with E-state index in [1.165, 1.54) is 12.8 Å². The molecule has 1 aliphatic rings. The highest BCUT2D eigenvalue weighted by atomic mass is 35.5. The number of aromatic nitrogens is 2. The van der Waals surface area contributed by atoms with E-state index in [-0.39, 0.29) is 0 Å². The Hall–Kier alpha value is -0.830. The average molecular weight is 254 g/mol. The van der Waals surface area contributed by atoms with E-state index in [1.54, 1.807) is 6.33 Å². The molecular weight excluding hydrogens is 234 g/mol. The first kappa shape index (κ1) is 12.6. The van der Waals surface area contributed by atoms with Crippen LogP contribution in [0.3, 0.4) is 0 Å². The van der Waals surface area contributed by atoms with Gasteiger partial charge in [0, 0.05) is 18.7 Å². The van der Waals surface area contributed by atoms with Crippen LogP contribution in [0.25, 0.3) is 0 Å². The quantitative estimate of drug-likeness (QED) is 0.773. The maximum atomic E-state index is 6.20. The van der Waals surface area contributed by atoms with Crippen LogP contribution in [0.5, 0.6) is 0 Å². The van der Waals surface area contributed by atoms with E-state index < -0.39 is 0 Å². The van der Waals surface area contributed by atoms with Crippen molar-refractivity contribution in [1.82, 2.24) is 9.97 Å². The molecule has 94 valence electrons. The molecule has 0 bridgehead atoms. The van der Waals surface area contributed by atoms with E-state index in [0.29, 0.717) is 11.1 Å². The number of nitrogens with zero attached hydrogens (tertiary/aromatic N) is 3. The van der Waals surface area contributed by atoms with Gasteiger partial charge in [0.25, 0.3) is 0 Å². The highest BCUT2D eigenvalue weighted by molar-refractivity contribution is 6.30. The SMILES string of the molecule is CCC1CCN(c2ncnc(Cl)c2C(C)C)C1. The van der Waals surface area contributed by atoms with E-state index in [0.717, 1.165) is 30.4 Å². The zero-order chi connectivity index (χ0) is 12.4. The van der Waals surface area contributed by atoms with Crippen molar-refractivity contribution in [3.05, 3.63) is 17.0 Å². The topological polar surface area (TPSA) is 29.0 Å². The summed E-state index contributed by atoms with van der Waals surface area (Å²) in [5, 5.41) is 0.602. The Labute approximate surface area is 108 Å². The minimum atomic E-state index is 0.361. The highest BCUT2D eigenvalue weighted by Crippen LogP contribution is 2.33. The minimum Gasteiger partial charge on any atom is -0.356 e. The molecule has 17 heavy (non-hydrogen) atoms. The van der Waals surface area contributed by atoms with Crippen LogP contribution >= 0.6 is 11.6 Å². The maximum Gasteiger partial charge on any atom is 0.138 e. The van der Waals surface area contributed by atoms with Crippen molar-refractivity contribution in [2.75, 3.05) is 18.0 Å². The van der Waals surface area contributed by atoms with E-state index in [2.05, 4.69) is 35.6 Å². The molecular formula is C13H20ClN3. The smallest absolute Gasteiger partial charge is 0.138 e. The van der Waals surface area contributed by atoms with Gasteiger partial charge >= 0.3 is 0 Å². The van der Waals surface area contributed by atoms with Crippen LogP contribution in [-0.4, -0.2) is 23.1 Å². The highest BCUT2D eigenvalue weighted by Gasteiger charge is 2.25. The molecule has 1 aliphatic heterocycles. The van der Waals surface area contributed by atoms with Crippen LogP contribution < -0.4 is 4.90 Å². The molecule has 0 radical (unpaired) electrons. The lowest BCUT2D eigenvalue weighted by Gasteiger charge is -2.22. The molecule has 1 aromatic rings. The third-order valence-electron chi connectivity index (χ3n) is 3.55. The summed E-state index contributed by atoms with van der Waals surface area (Å²) in [5.74, 6) is 2.19. The Morgan fingerprint density at radius 1 is 1.47 bits per heavy atom. The summed E-state index contributed by atoms with van der Waals surface area (Å²) in [6.07, 6.45) is 4.07. The molecule has 2 heterocycles. The van der Waals surface area contributed by atoms with Gasteiger partial charge in [-0.05, 0) is 18.3 Å². The molecule has 2 rings (SSSR count). The van der Waals surface area contributed by atoms with Crippen LogP contribution in [0, 0.1) is 5.92 Å². The first-order valence-electron chi connectivity index (χ1n) is 6.38. The molecule has 4 heteroatoms. The summed E-state index contributed by atoms with van der Waals surface area (Å²) in [6.45, 7) is 8.72. The molecule has 0 aliphatic carbocycles. The van der Waals surface area contributed by atoms with Crippen molar-refractivity contribution in [1.29, 1.82) is 0 Å². The first-order valence-corrected chi connectivity index (χ1v) is 6.76. The molecule has 1 fully saturated rings. The predicted octanol–water partition coefficient (Wildman–Crippen LogP) is 3.49. The normalized spacial score (nSPS) is 20.3. The molecule has 0 saturated carbocycles. The molecule has 0 spiro atoms. The second-order valence-electron chi connectivity index (χ2n) is 5.07. The number of hydrogen-bond acceptors (Lipinski definition) is 3. The van der Waals surface area contributed by atoms with E-state index in [9.17, 15) is 0 Å².